The lowest BCUT2D eigenvalue weighted by atomic mass is 9.55. The zero-order valence-corrected chi connectivity index (χ0v) is 13.5. The Hall–Kier alpha value is -1.32. The summed E-state index contributed by atoms with van der Waals surface area (Å²) in [6.45, 7) is 4.31. The number of hydrogen-bond acceptors (Lipinski definition) is 4. The zero-order valence-electron chi connectivity index (χ0n) is 13.5. The van der Waals surface area contributed by atoms with E-state index in [0.29, 0.717) is 18.4 Å². The van der Waals surface area contributed by atoms with Crippen LogP contribution in [0.15, 0.2) is 12.2 Å². The van der Waals surface area contributed by atoms with Crippen LogP contribution in [0.25, 0.3) is 0 Å². The molecular formula is C18H26O4. The summed E-state index contributed by atoms with van der Waals surface area (Å²) >= 11 is 0. The molecule has 4 nitrogen and oxygen atoms in total. The summed E-state index contributed by atoms with van der Waals surface area (Å²) in [7, 11) is 0. The summed E-state index contributed by atoms with van der Waals surface area (Å²) < 4.78 is 10.7. The van der Waals surface area contributed by atoms with Crippen molar-refractivity contribution in [2.24, 2.45) is 29.6 Å². The van der Waals surface area contributed by atoms with E-state index >= 15 is 0 Å². The molecule has 0 amide bonds. The number of esters is 2. The molecule has 0 aliphatic heterocycles. The van der Waals surface area contributed by atoms with Gasteiger partial charge in [-0.15, -0.1) is 0 Å². The molecule has 0 unspecified atom stereocenters. The van der Waals surface area contributed by atoms with Crippen LogP contribution in [-0.2, 0) is 19.1 Å². The van der Waals surface area contributed by atoms with Gasteiger partial charge in [-0.05, 0) is 61.7 Å². The second-order valence-corrected chi connectivity index (χ2v) is 7.69. The SMILES string of the molecule is CC(C)COC(=O)/C=C/C(=O)OC1C2CC3CC(C2)CC1C3. The molecule has 0 atom stereocenters. The molecule has 0 aromatic carbocycles. The van der Waals surface area contributed by atoms with Gasteiger partial charge in [0, 0.05) is 12.2 Å². The predicted octanol–water partition coefficient (Wildman–Crippen LogP) is 3.11. The van der Waals surface area contributed by atoms with Crippen LogP contribution in [0.1, 0.15) is 46.0 Å². The molecule has 22 heavy (non-hydrogen) atoms. The van der Waals surface area contributed by atoms with Gasteiger partial charge in [0.05, 0.1) is 6.61 Å². The van der Waals surface area contributed by atoms with Crippen molar-refractivity contribution >= 4 is 11.9 Å². The highest BCUT2D eigenvalue weighted by atomic mass is 16.5. The maximum Gasteiger partial charge on any atom is 0.331 e. The lowest BCUT2D eigenvalue weighted by molar-refractivity contribution is -0.165. The molecule has 0 heterocycles. The largest absolute Gasteiger partial charge is 0.462 e. The van der Waals surface area contributed by atoms with Crippen LogP contribution in [-0.4, -0.2) is 24.6 Å². The van der Waals surface area contributed by atoms with Gasteiger partial charge in [0.1, 0.15) is 6.10 Å². The number of rotatable bonds is 5. The molecule has 0 radical (unpaired) electrons. The van der Waals surface area contributed by atoms with Crippen molar-refractivity contribution < 1.29 is 19.1 Å². The van der Waals surface area contributed by atoms with E-state index in [1.54, 1.807) is 0 Å². The van der Waals surface area contributed by atoms with E-state index in [2.05, 4.69) is 0 Å². The van der Waals surface area contributed by atoms with Crippen LogP contribution in [0.2, 0.25) is 0 Å². The monoisotopic (exact) mass is 306 g/mol. The van der Waals surface area contributed by atoms with Gasteiger partial charge in [0.2, 0.25) is 0 Å². The van der Waals surface area contributed by atoms with Gasteiger partial charge in [-0.3, -0.25) is 0 Å². The van der Waals surface area contributed by atoms with Gasteiger partial charge in [-0.25, -0.2) is 9.59 Å². The molecule has 4 heteroatoms. The Balaban J connectivity index is 1.49. The summed E-state index contributed by atoms with van der Waals surface area (Å²) in [6.07, 6.45) is 8.70. The first-order valence-corrected chi connectivity index (χ1v) is 8.56. The van der Waals surface area contributed by atoms with Gasteiger partial charge in [0.15, 0.2) is 0 Å². The highest BCUT2D eigenvalue weighted by molar-refractivity contribution is 5.91. The van der Waals surface area contributed by atoms with E-state index in [-0.39, 0.29) is 12.0 Å². The van der Waals surface area contributed by atoms with Crippen molar-refractivity contribution in [1.29, 1.82) is 0 Å². The van der Waals surface area contributed by atoms with Crippen molar-refractivity contribution in [2.45, 2.75) is 52.1 Å². The molecule has 4 saturated carbocycles. The van der Waals surface area contributed by atoms with Crippen LogP contribution in [0.3, 0.4) is 0 Å². The predicted molar refractivity (Wildman–Crippen MR) is 81.9 cm³/mol. The molecule has 4 aliphatic rings. The average molecular weight is 306 g/mol. The number of ether oxygens (including phenoxy) is 2. The number of carbonyl (C=O) groups is 2. The maximum absolute atomic E-state index is 12.0. The van der Waals surface area contributed by atoms with Gasteiger partial charge in [0.25, 0.3) is 0 Å². The fraction of sp³-hybridized carbons (Fsp3) is 0.778. The van der Waals surface area contributed by atoms with Crippen molar-refractivity contribution in [2.75, 3.05) is 6.61 Å². The van der Waals surface area contributed by atoms with Gasteiger partial charge < -0.3 is 9.47 Å². The minimum Gasteiger partial charge on any atom is -0.462 e. The Morgan fingerprint density at radius 3 is 2.05 bits per heavy atom. The fourth-order valence-electron chi connectivity index (χ4n) is 4.67. The molecule has 0 N–H and O–H groups in total. The lowest BCUT2D eigenvalue weighted by Crippen LogP contribution is -2.49. The van der Waals surface area contributed by atoms with Crippen molar-refractivity contribution in [1.82, 2.24) is 0 Å². The normalized spacial score (nSPS) is 36.0. The Kier molecular flexibility index (Phi) is 4.55. The van der Waals surface area contributed by atoms with Gasteiger partial charge in [-0.1, -0.05) is 13.8 Å². The van der Waals surface area contributed by atoms with Gasteiger partial charge >= 0.3 is 11.9 Å². The molecule has 4 rings (SSSR count). The molecular weight excluding hydrogens is 280 g/mol. The Bertz CT molecular complexity index is 438. The van der Waals surface area contributed by atoms with E-state index in [4.69, 9.17) is 9.47 Å². The van der Waals surface area contributed by atoms with Crippen LogP contribution in [0.4, 0.5) is 0 Å². The minimum absolute atomic E-state index is 0.0663. The summed E-state index contributed by atoms with van der Waals surface area (Å²) in [5.74, 6) is 2.22. The van der Waals surface area contributed by atoms with E-state index < -0.39 is 11.9 Å². The first kappa shape index (κ1) is 15.6. The Morgan fingerprint density at radius 2 is 1.50 bits per heavy atom. The molecule has 4 fully saturated rings. The number of carbonyl (C=O) groups excluding carboxylic acids is 2. The van der Waals surface area contributed by atoms with E-state index in [9.17, 15) is 9.59 Å². The maximum atomic E-state index is 12.0. The third kappa shape index (κ3) is 3.53. The molecule has 0 spiro atoms. The second-order valence-electron chi connectivity index (χ2n) is 7.69. The Labute approximate surface area is 132 Å². The second kappa shape index (κ2) is 6.43. The fourth-order valence-corrected chi connectivity index (χ4v) is 4.67. The van der Waals surface area contributed by atoms with E-state index in [1.807, 2.05) is 13.8 Å². The summed E-state index contributed by atoms with van der Waals surface area (Å²) in [4.78, 5) is 23.4. The molecule has 0 aromatic heterocycles. The average Bonchev–Trinajstić information content (AvgIpc) is 2.46. The molecule has 4 bridgehead atoms. The summed E-state index contributed by atoms with van der Waals surface area (Å²) in [6, 6.07) is 0. The zero-order chi connectivity index (χ0) is 15.7. The highest BCUT2D eigenvalue weighted by Gasteiger charge is 2.49. The summed E-state index contributed by atoms with van der Waals surface area (Å²) in [5, 5.41) is 0. The summed E-state index contributed by atoms with van der Waals surface area (Å²) in [5.41, 5.74) is 0. The van der Waals surface area contributed by atoms with Crippen molar-refractivity contribution in [3.63, 3.8) is 0 Å². The van der Waals surface area contributed by atoms with E-state index in [1.165, 1.54) is 44.3 Å². The van der Waals surface area contributed by atoms with Crippen LogP contribution >= 0.6 is 0 Å². The molecule has 122 valence electrons. The molecule has 0 saturated heterocycles. The highest BCUT2D eigenvalue weighted by Crippen LogP contribution is 2.54. The smallest absolute Gasteiger partial charge is 0.331 e. The Morgan fingerprint density at radius 1 is 0.955 bits per heavy atom. The topological polar surface area (TPSA) is 52.6 Å². The van der Waals surface area contributed by atoms with E-state index in [0.717, 1.165) is 11.8 Å². The van der Waals surface area contributed by atoms with Crippen molar-refractivity contribution in [3.8, 4) is 0 Å². The lowest BCUT2D eigenvalue weighted by Gasteiger charge is -2.53. The van der Waals surface area contributed by atoms with Crippen molar-refractivity contribution in [3.05, 3.63) is 12.2 Å². The molecule has 0 aromatic rings. The quantitative estimate of drug-likeness (QED) is 0.578. The third-order valence-corrected chi connectivity index (χ3v) is 5.31. The first-order chi connectivity index (χ1) is 10.5. The van der Waals surface area contributed by atoms with Crippen LogP contribution < -0.4 is 0 Å². The standard InChI is InChI=1S/C18H26O4/c1-11(2)10-21-16(19)3-4-17(20)22-18-14-6-12-5-13(8-14)9-15(18)7-12/h3-4,11-15,18H,5-10H2,1-2H3/b4-3+. The molecule has 4 aliphatic carbocycles. The number of hydrogen-bond donors (Lipinski definition) is 0. The van der Waals surface area contributed by atoms with Crippen LogP contribution in [0, 0.1) is 29.6 Å². The van der Waals surface area contributed by atoms with Crippen LogP contribution in [0.5, 0.6) is 0 Å². The third-order valence-electron chi connectivity index (χ3n) is 5.31. The minimum atomic E-state index is -0.476. The van der Waals surface area contributed by atoms with Gasteiger partial charge in [-0.2, -0.15) is 0 Å². The first-order valence-electron chi connectivity index (χ1n) is 8.56.